The van der Waals surface area contributed by atoms with Crippen LogP contribution in [-0.4, -0.2) is 85.6 Å². The fourth-order valence-corrected chi connectivity index (χ4v) is 7.12. The summed E-state index contributed by atoms with van der Waals surface area (Å²) in [6, 6.07) is 8.99. The Morgan fingerprint density at radius 3 is 1.58 bits per heavy atom. The largest absolute Gasteiger partial charge is 0.506 e. The molecule has 0 bridgehead atoms. The van der Waals surface area contributed by atoms with Crippen LogP contribution >= 0.6 is 0 Å². The number of rotatable bonds is 15. The van der Waals surface area contributed by atoms with Gasteiger partial charge in [-0.1, -0.05) is 0 Å². The molecule has 0 amide bonds. The second-order valence-corrected chi connectivity index (χ2v) is 16.8. The highest BCUT2D eigenvalue weighted by Crippen LogP contribution is 2.38. The van der Waals surface area contributed by atoms with Crippen LogP contribution in [0.3, 0.4) is 0 Å². The number of hydrogen-bond donors (Lipinski definition) is 5. The zero-order chi connectivity index (χ0) is 36.1. The van der Waals surface area contributed by atoms with Crippen molar-refractivity contribution in [3.8, 4) is 5.75 Å². The van der Waals surface area contributed by atoms with Crippen molar-refractivity contribution >= 4 is 79.0 Å². The Bertz CT molecular complexity index is 2310. The maximum Gasteiger partial charge on any atom is 0.397 e. The Balaban J connectivity index is 1.86. The molecule has 0 heterocycles. The van der Waals surface area contributed by atoms with E-state index in [1.807, 2.05) is 0 Å². The second kappa shape index (κ2) is 14.6. The van der Waals surface area contributed by atoms with Crippen molar-refractivity contribution in [3.63, 3.8) is 0 Å². The van der Waals surface area contributed by atoms with Crippen LogP contribution in [0.25, 0.3) is 0 Å². The molecule has 0 spiro atoms. The molecule has 0 radical (unpaired) electrons. The topological polar surface area (TPSA) is 346 Å². The van der Waals surface area contributed by atoms with Crippen molar-refractivity contribution in [3.05, 3.63) is 54.6 Å². The van der Waals surface area contributed by atoms with Gasteiger partial charge in [0.15, 0.2) is 19.7 Å². The molecule has 3 aromatic rings. The van der Waals surface area contributed by atoms with Crippen LogP contribution < -0.4 is 5.73 Å². The molecule has 3 rings (SSSR count). The van der Waals surface area contributed by atoms with Crippen molar-refractivity contribution in [2.24, 2.45) is 20.5 Å². The lowest BCUT2D eigenvalue weighted by molar-refractivity contribution is 0.282. The fourth-order valence-electron chi connectivity index (χ4n) is 3.40. The lowest BCUT2D eigenvalue weighted by Gasteiger charge is -2.08. The van der Waals surface area contributed by atoms with Crippen LogP contribution in [0.5, 0.6) is 5.75 Å². The van der Waals surface area contributed by atoms with Gasteiger partial charge >= 0.3 is 20.8 Å². The van der Waals surface area contributed by atoms with Gasteiger partial charge in [0.1, 0.15) is 27.7 Å². The predicted octanol–water partition coefficient (Wildman–Crippen LogP) is 2.24. The number of nitrogens with zero attached hydrogens (tertiary/aromatic N) is 4. The molecule has 0 saturated heterocycles. The number of azo groups is 2. The number of anilines is 1. The number of phenols is 1. The Morgan fingerprint density at radius 2 is 1.06 bits per heavy atom. The third kappa shape index (κ3) is 11.3. The van der Waals surface area contributed by atoms with Gasteiger partial charge in [-0.2, -0.15) is 30.4 Å². The maximum absolute atomic E-state index is 12.5. The summed E-state index contributed by atoms with van der Waals surface area (Å²) in [6.07, 6.45) is 0. The van der Waals surface area contributed by atoms with Crippen molar-refractivity contribution in [2.45, 2.75) is 14.7 Å². The van der Waals surface area contributed by atoms with E-state index in [0.29, 0.717) is 6.07 Å². The molecular weight excluding hydrogens is 751 g/mol. The Kier molecular flexibility index (Phi) is 11.7. The van der Waals surface area contributed by atoms with Crippen molar-refractivity contribution in [1.82, 2.24) is 0 Å². The minimum atomic E-state index is -5.13. The summed E-state index contributed by atoms with van der Waals surface area (Å²) in [5.41, 5.74) is 4.78. The first kappa shape index (κ1) is 38.5. The normalized spacial score (nSPS) is 13.4. The monoisotopic (exact) mass is 773 g/mol. The molecular formula is C22H23N5O16S5. The lowest BCUT2D eigenvalue weighted by atomic mass is 10.2. The van der Waals surface area contributed by atoms with Gasteiger partial charge in [0, 0.05) is 6.07 Å². The molecule has 0 aromatic heterocycles. The summed E-state index contributed by atoms with van der Waals surface area (Å²) in [4.78, 5) is -1.95. The first-order valence-corrected chi connectivity index (χ1v) is 19.8. The first-order valence-electron chi connectivity index (χ1n) is 12.3. The van der Waals surface area contributed by atoms with Crippen molar-refractivity contribution in [2.75, 3.05) is 30.5 Å². The third-order valence-electron chi connectivity index (χ3n) is 5.60. The molecule has 262 valence electrons. The Labute approximate surface area is 273 Å². The van der Waals surface area contributed by atoms with Gasteiger partial charge in [-0.3, -0.25) is 13.7 Å². The van der Waals surface area contributed by atoms with Gasteiger partial charge in [-0.25, -0.2) is 25.2 Å². The number of nitrogens with two attached hydrogens (primary N) is 1. The van der Waals surface area contributed by atoms with E-state index in [-0.39, 0.29) is 27.6 Å². The molecule has 21 nitrogen and oxygen atoms in total. The van der Waals surface area contributed by atoms with E-state index in [2.05, 4.69) is 28.8 Å². The average Bonchev–Trinajstić information content (AvgIpc) is 2.94. The molecule has 0 atom stereocenters. The van der Waals surface area contributed by atoms with Gasteiger partial charge in [-0.05, 0) is 48.5 Å². The van der Waals surface area contributed by atoms with E-state index in [4.69, 9.17) is 14.8 Å². The maximum atomic E-state index is 12.5. The zero-order valence-electron chi connectivity index (χ0n) is 23.6. The number of benzene rings is 3. The van der Waals surface area contributed by atoms with E-state index >= 15 is 0 Å². The van der Waals surface area contributed by atoms with E-state index in [9.17, 15) is 51.7 Å². The first-order chi connectivity index (χ1) is 22.0. The highest BCUT2D eigenvalue weighted by Gasteiger charge is 2.23. The van der Waals surface area contributed by atoms with Crippen LogP contribution in [0.4, 0.5) is 28.4 Å². The minimum Gasteiger partial charge on any atom is -0.506 e. The number of hydrogen-bond acceptors (Lipinski definition) is 18. The molecule has 0 unspecified atom stereocenters. The molecule has 0 aliphatic heterocycles. The summed E-state index contributed by atoms with van der Waals surface area (Å²) < 4.78 is 151. The third-order valence-corrected chi connectivity index (χ3v) is 10.8. The standard InChI is InChI=1S/C22H23N5O16S5/c23-17-12-21(28)20(13-19(17)26-24-14-1-3-15(4-2-14)44(29,30)9-7-42-47(36,37)38)27-25-18-6-5-16(11-22(18)46(33,34)35)45(31,32)10-8-43-48(39,40)41/h1-6,11-13,28H,7-10,23H2,(H,33,34,35)(H,36,37,38)(H,39,40,41). The second-order valence-electron chi connectivity index (χ2n) is 9.04. The van der Waals surface area contributed by atoms with Gasteiger partial charge in [-0.15, -0.1) is 15.3 Å². The molecule has 0 fully saturated rings. The number of nitrogen functional groups attached to an aromatic ring is 1. The minimum absolute atomic E-state index is 0.107. The lowest BCUT2D eigenvalue weighted by Crippen LogP contribution is -2.16. The number of phenolic OH excluding ortho intramolecular Hbond substituents is 1. The zero-order valence-corrected chi connectivity index (χ0v) is 27.7. The summed E-state index contributed by atoms with van der Waals surface area (Å²) in [7, 11) is -23.3. The number of aromatic hydroxyl groups is 1. The highest BCUT2D eigenvalue weighted by atomic mass is 32.3. The Hall–Kier alpha value is -3.99. The van der Waals surface area contributed by atoms with Crippen molar-refractivity contribution in [1.29, 1.82) is 0 Å². The average molecular weight is 774 g/mol. The van der Waals surface area contributed by atoms with Crippen LogP contribution in [-0.2, 0) is 59.0 Å². The summed E-state index contributed by atoms with van der Waals surface area (Å²) in [6.45, 7) is -1.84. The van der Waals surface area contributed by atoms with E-state index in [1.165, 1.54) is 12.1 Å². The van der Waals surface area contributed by atoms with Crippen molar-refractivity contribution < 1.29 is 69.2 Å². The van der Waals surface area contributed by atoms with E-state index in [1.54, 1.807) is 0 Å². The van der Waals surface area contributed by atoms with E-state index < -0.39 is 96.5 Å². The predicted molar refractivity (Wildman–Crippen MR) is 163 cm³/mol. The Morgan fingerprint density at radius 1 is 0.583 bits per heavy atom. The van der Waals surface area contributed by atoms with Gasteiger partial charge in [0.25, 0.3) is 10.1 Å². The molecule has 26 heteroatoms. The molecule has 0 aliphatic rings. The smallest absolute Gasteiger partial charge is 0.397 e. The van der Waals surface area contributed by atoms with Gasteiger partial charge < -0.3 is 10.8 Å². The highest BCUT2D eigenvalue weighted by molar-refractivity contribution is 7.92. The van der Waals surface area contributed by atoms with Gasteiger partial charge in [0.05, 0.1) is 45.9 Å². The van der Waals surface area contributed by atoms with Gasteiger partial charge in [0.2, 0.25) is 0 Å². The van der Waals surface area contributed by atoms with Crippen LogP contribution in [0.1, 0.15) is 0 Å². The van der Waals surface area contributed by atoms with Crippen LogP contribution in [0.2, 0.25) is 0 Å². The molecule has 0 saturated carbocycles. The molecule has 48 heavy (non-hydrogen) atoms. The van der Waals surface area contributed by atoms with E-state index in [0.717, 1.165) is 36.4 Å². The fraction of sp³-hybridized carbons (Fsp3) is 0.182. The summed E-state index contributed by atoms with van der Waals surface area (Å²) in [5, 5.41) is 25.4. The summed E-state index contributed by atoms with van der Waals surface area (Å²) in [5.74, 6) is -2.35. The quantitative estimate of drug-likeness (QED) is 0.0839. The number of sulfone groups is 2. The SMILES string of the molecule is Nc1cc(O)c(N=Nc2ccc(S(=O)(=O)CCOS(=O)(=O)O)cc2S(=O)(=O)O)cc1N=Nc1ccc(S(=O)(=O)CCOS(=O)(=O)O)cc1. The summed E-state index contributed by atoms with van der Waals surface area (Å²) >= 11 is 0. The van der Waals surface area contributed by atoms with Crippen LogP contribution in [0, 0.1) is 0 Å². The molecule has 3 aromatic carbocycles. The molecule has 0 aliphatic carbocycles. The van der Waals surface area contributed by atoms with Crippen LogP contribution in [0.15, 0.2) is 89.7 Å². The molecule has 6 N–H and O–H groups in total.